The van der Waals surface area contributed by atoms with Gasteiger partial charge in [0.15, 0.2) is 5.17 Å². The van der Waals surface area contributed by atoms with Crippen molar-refractivity contribution in [2.75, 3.05) is 0 Å². The summed E-state index contributed by atoms with van der Waals surface area (Å²) < 4.78 is 13.0. The molecule has 0 unspecified atom stereocenters. The van der Waals surface area contributed by atoms with Crippen LogP contribution in [0.5, 0.6) is 0 Å². The van der Waals surface area contributed by atoms with Gasteiger partial charge in [-0.3, -0.25) is 9.69 Å². The van der Waals surface area contributed by atoms with Crippen LogP contribution in [-0.4, -0.2) is 27.4 Å². The van der Waals surface area contributed by atoms with Crippen LogP contribution >= 0.6 is 11.8 Å². The molecule has 0 saturated carbocycles. The lowest BCUT2D eigenvalue weighted by Crippen LogP contribution is -2.30. The largest absolute Gasteiger partial charge is 0.284 e. The summed E-state index contributed by atoms with van der Waals surface area (Å²) in [5.74, 6) is -0.312. The van der Waals surface area contributed by atoms with E-state index in [1.165, 1.54) is 23.9 Å². The SMILES string of the molecule is C[C@@H]1S/C(=N/N=C\c2ccccc2)N(Cc2ccc(F)cc2)C1=O. The first kappa shape index (κ1) is 16.4. The van der Waals surface area contributed by atoms with Gasteiger partial charge < -0.3 is 0 Å². The minimum Gasteiger partial charge on any atom is -0.284 e. The zero-order valence-electron chi connectivity index (χ0n) is 13.1. The second kappa shape index (κ2) is 7.40. The fraction of sp³-hybridized carbons (Fsp3) is 0.167. The molecule has 0 aromatic heterocycles. The summed E-state index contributed by atoms with van der Waals surface area (Å²) in [7, 11) is 0. The number of hydrogen-bond donors (Lipinski definition) is 0. The number of carbonyl (C=O) groups excluding carboxylic acids is 1. The van der Waals surface area contributed by atoms with Gasteiger partial charge in [-0.25, -0.2) is 4.39 Å². The van der Waals surface area contributed by atoms with Crippen LogP contribution in [-0.2, 0) is 11.3 Å². The van der Waals surface area contributed by atoms with Gasteiger partial charge in [-0.15, -0.1) is 5.10 Å². The summed E-state index contributed by atoms with van der Waals surface area (Å²) in [6.07, 6.45) is 1.65. The van der Waals surface area contributed by atoms with Crippen LogP contribution in [0.3, 0.4) is 0 Å². The van der Waals surface area contributed by atoms with Crippen LogP contribution in [0.2, 0.25) is 0 Å². The Bertz CT molecular complexity index is 775. The van der Waals surface area contributed by atoms with Crippen molar-refractivity contribution in [1.82, 2.24) is 4.90 Å². The monoisotopic (exact) mass is 341 g/mol. The van der Waals surface area contributed by atoms with Crippen molar-refractivity contribution in [1.29, 1.82) is 0 Å². The van der Waals surface area contributed by atoms with Crippen LogP contribution in [0.4, 0.5) is 4.39 Å². The topological polar surface area (TPSA) is 45.0 Å². The molecular formula is C18H16FN3OS. The van der Waals surface area contributed by atoms with Gasteiger partial charge in [0.05, 0.1) is 18.0 Å². The van der Waals surface area contributed by atoms with Crippen molar-refractivity contribution in [3.05, 3.63) is 71.5 Å². The van der Waals surface area contributed by atoms with E-state index in [0.717, 1.165) is 11.1 Å². The van der Waals surface area contributed by atoms with Gasteiger partial charge in [0.1, 0.15) is 5.82 Å². The minimum absolute atomic E-state index is 0.0158. The highest BCUT2D eigenvalue weighted by atomic mass is 32.2. The number of nitrogens with zero attached hydrogens (tertiary/aromatic N) is 3. The van der Waals surface area contributed by atoms with E-state index in [2.05, 4.69) is 10.2 Å². The van der Waals surface area contributed by atoms with Crippen LogP contribution in [0.1, 0.15) is 18.1 Å². The first-order valence-corrected chi connectivity index (χ1v) is 8.40. The van der Waals surface area contributed by atoms with Gasteiger partial charge >= 0.3 is 0 Å². The third-order valence-corrected chi connectivity index (χ3v) is 4.60. The molecule has 1 saturated heterocycles. The van der Waals surface area contributed by atoms with Crippen LogP contribution in [0, 0.1) is 5.82 Å². The maximum absolute atomic E-state index is 13.0. The highest BCUT2D eigenvalue weighted by Crippen LogP contribution is 2.28. The molecule has 0 spiro atoms. The summed E-state index contributed by atoms with van der Waals surface area (Å²) in [6.45, 7) is 2.20. The van der Waals surface area contributed by atoms with Crippen molar-refractivity contribution < 1.29 is 9.18 Å². The molecule has 0 N–H and O–H groups in total. The average molecular weight is 341 g/mol. The Balaban J connectivity index is 1.77. The minimum atomic E-state index is -0.296. The molecule has 1 heterocycles. The van der Waals surface area contributed by atoms with Crippen molar-refractivity contribution in [2.24, 2.45) is 10.2 Å². The molecule has 2 aromatic rings. The molecule has 0 radical (unpaired) electrons. The molecule has 1 aliphatic heterocycles. The maximum atomic E-state index is 13.0. The molecule has 1 atom stereocenters. The third kappa shape index (κ3) is 3.89. The first-order valence-electron chi connectivity index (χ1n) is 7.52. The fourth-order valence-electron chi connectivity index (χ4n) is 2.27. The number of halogens is 1. The third-order valence-electron chi connectivity index (χ3n) is 3.53. The molecule has 3 rings (SSSR count). The molecule has 24 heavy (non-hydrogen) atoms. The van der Waals surface area contributed by atoms with E-state index in [1.807, 2.05) is 37.3 Å². The van der Waals surface area contributed by atoms with Crippen molar-refractivity contribution in [3.8, 4) is 0 Å². The van der Waals surface area contributed by atoms with E-state index in [0.29, 0.717) is 11.7 Å². The first-order chi connectivity index (χ1) is 11.6. The Hall–Kier alpha value is -2.47. The number of rotatable bonds is 4. The summed E-state index contributed by atoms with van der Waals surface area (Å²) in [5, 5.41) is 8.64. The van der Waals surface area contributed by atoms with Crippen LogP contribution in [0.15, 0.2) is 64.8 Å². The van der Waals surface area contributed by atoms with E-state index in [-0.39, 0.29) is 17.0 Å². The lowest BCUT2D eigenvalue weighted by Gasteiger charge is -2.15. The second-order valence-corrected chi connectivity index (χ2v) is 6.66. The standard InChI is InChI=1S/C18H16FN3OS/c1-13-17(23)22(12-15-7-9-16(19)10-8-15)18(24-13)21-20-11-14-5-3-2-4-6-14/h2-11,13H,12H2,1H3/b20-11-,21-18+/t13-/m0/s1. The molecule has 4 nitrogen and oxygen atoms in total. The lowest BCUT2D eigenvalue weighted by atomic mass is 10.2. The number of carbonyl (C=O) groups is 1. The molecule has 1 aliphatic rings. The molecule has 6 heteroatoms. The van der Waals surface area contributed by atoms with Crippen LogP contribution < -0.4 is 0 Å². The quantitative estimate of drug-likeness (QED) is 0.629. The van der Waals surface area contributed by atoms with E-state index < -0.39 is 0 Å². The van der Waals surface area contributed by atoms with E-state index in [9.17, 15) is 9.18 Å². The highest BCUT2D eigenvalue weighted by Gasteiger charge is 2.35. The predicted molar refractivity (Wildman–Crippen MR) is 95.5 cm³/mol. The van der Waals surface area contributed by atoms with E-state index >= 15 is 0 Å². The Kier molecular flexibility index (Phi) is 5.05. The summed E-state index contributed by atoms with van der Waals surface area (Å²) >= 11 is 1.38. The molecule has 1 fully saturated rings. The van der Waals surface area contributed by atoms with Gasteiger partial charge in [0.25, 0.3) is 0 Å². The Morgan fingerprint density at radius 3 is 2.58 bits per heavy atom. The molecule has 122 valence electrons. The van der Waals surface area contributed by atoms with Gasteiger partial charge in [-0.1, -0.05) is 54.2 Å². The fourth-order valence-corrected chi connectivity index (χ4v) is 3.19. The van der Waals surface area contributed by atoms with Gasteiger partial charge in [-0.05, 0) is 30.2 Å². The summed E-state index contributed by atoms with van der Waals surface area (Å²) in [4.78, 5) is 13.9. The van der Waals surface area contributed by atoms with Gasteiger partial charge in [0, 0.05) is 0 Å². The highest BCUT2D eigenvalue weighted by molar-refractivity contribution is 8.15. The Morgan fingerprint density at radius 1 is 1.17 bits per heavy atom. The number of hydrogen-bond acceptors (Lipinski definition) is 4. The smallest absolute Gasteiger partial charge is 0.242 e. The van der Waals surface area contributed by atoms with Crippen molar-refractivity contribution >= 4 is 29.1 Å². The zero-order chi connectivity index (χ0) is 16.9. The predicted octanol–water partition coefficient (Wildman–Crippen LogP) is 3.68. The zero-order valence-corrected chi connectivity index (χ0v) is 13.9. The molecule has 0 aliphatic carbocycles. The molecular weight excluding hydrogens is 325 g/mol. The van der Waals surface area contributed by atoms with Gasteiger partial charge in [-0.2, -0.15) is 5.10 Å². The van der Waals surface area contributed by atoms with Gasteiger partial charge in [0.2, 0.25) is 5.91 Å². The number of amides is 1. The Morgan fingerprint density at radius 2 is 1.88 bits per heavy atom. The van der Waals surface area contributed by atoms with Crippen molar-refractivity contribution in [2.45, 2.75) is 18.7 Å². The summed E-state index contributed by atoms with van der Waals surface area (Å²) in [5.41, 5.74) is 1.79. The normalized spacial score (nSPS) is 19.6. The van der Waals surface area contributed by atoms with E-state index in [4.69, 9.17) is 0 Å². The average Bonchev–Trinajstić information content (AvgIpc) is 2.86. The van der Waals surface area contributed by atoms with Crippen molar-refractivity contribution in [3.63, 3.8) is 0 Å². The lowest BCUT2D eigenvalue weighted by molar-refractivity contribution is -0.126. The Labute approximate surface area is 144 Å². The molecule has 2 aromatic carbocycles. The summed E-state index contributed by atoms with van der Waals surface area (Å²) in [6, 6.07) is 15.7. The van der Waals surface area contributed by atoms with E-state index in [1.54, 1.807) is 23.2 Å². The van der Waals surface area contributed by atoms with Crippen LogP contribution in [0.25, 0.3) is 0 Å². The molecule has 1 amide bonds. The number of amidine groups is 1. The molecule has 0 bridgehead atoms. The second-order valence-electron chi connectivity index (χ2n) is 5.35. The number of thioether (sulfide) groups is 1. The number of benzene rings is 2. The maximum Gasteiger partial charge on any atom is 0.242 e.